The summed E-state index contributed by atoms with van der Waals surface area (Å²) >= 11 is 0. The summed E-state index contributed by atoms with van der Waals surface area (Å²) in [5, 5.41) is 2.78. The maximum absolute atomic E-state index is 13.5. The number of piperidine rings is 1. The standard InChI is InChI=1S/C28H26F3N5O4S/c1-16-20(17-6-3-2-4-7-17)11-22(25(37)36(16)15-28(29,30)31)35-41(39,40)19-10-18-12-27(13-23(18)33-14-19)21-8-5-9-32-24(21)34-26(27)38/h2-10,14,16,20,22,35H,11-13,15H2,1H3,(H,32,34,38). The molecule has 13 heteroatoms. The molecule has 3 aromatic rings. The van der Waals surface area contributed by atoms with Gasteiger partial charge in [0.2, 0.25) is 21.8 Å². The predicted molar refractivity (Wildman–Crippen MR) is 141 cm³/mol. The van der Waals surface area contributed by atoms with Crippen LogP contribution in [-0.2, 0) is 37.9 Å². The van der Waals surface area contributed by atoms with Crippen molar-refractivity contribution < 1.29 is 31.2 Å². The number of halogens is 3. The van der Waals surface area contributed by atoms with Crippen molar-refractivity contribution in [1.82, 2.24) is 19.6 Å². The highest BCUT2D eigenvalue weighted by Gasteiger charge is 2.52. The first kappa shape index (κ1) is 27.3. The molecule has 9 nitrogen and oxygen atoms in total. The maximum atomic E-state index is 13.5. The Kier molecular flexibility index (Phi) is 6.42. The van der Waals surface area contributed by atoms with Crippen LogP contribution in [0.15, 0.2) is 65.8 Å². The molecule has 0 radical (unpaired) electrons. The zero-order valence-corrected chi connectivity index (χ0v) is 22.7. The van der Waals surface area contributed by atoms with Gasteiger partial charge in [0, 0.05) is 42.0 Å². The molecule has 1 fully saturated rings. The van der Waals surface area contributed by atoms with E-state index in [1.54, 1.807) is 55.6 Å². The normalized spacial score (nSPS) is 25.8. The van der Waals surface area contributed by atoms with Gasteiger partial charge in [0.15, 0.2) is 0 Å². The van der Waals surface area contributed by atoms with Crippen molar-refractivity contribution in [2.45, 2.75) is 60.7 Å². The second kappa shape index (κ2) is 9.62. The van der Waals surface area contributed by atoms with Crippen molar-refractivity contribution in [3.63, 3.8) is 0 Å². The number of amides is 2. The molecule has 4 atom stereocenters. The van der Waals surface area contributed by atoms with E-state index in [9.17, 15) is 31.2 Å². The number of fused-ring (bicyclic) bond motifs is 3. The smallest absolute Gasteiger partial charge is 0.329 e. The molecule has 0 bridgehead atoms. The van der Waals surface area contributed by atoms with Gasteiger partial charge < -0.3 is 10.2 Å². The van der Waals surface area contributed by atoms with Crippen molar-refractivity contribution >= 4 is 27.7 Å². The molecule has 1 saturated heterocycles. The monoisotopic (exact) mass is 585 g/mol. The van der Waals surface area contributed by atoms with E-state index in [2.05, 4.69) is 20.0 Å². The van der Waals surface area contributed by atoms with Crippen LogP contribution in [0.5, 0.6) is 0 Å². The zero-order chi connectivity index (χ0) is 29.2. The van der Waals surface area contributed by atoms with Crippen molar-refractivity contribution in [2.24, 2.45) is 0 Å². The quantitative estimate of drug-likeness (QED) is 0.475. The molecule has 2 N–H and O–H groups in total. The SMILES string of the molecule is CC1C(c2ccccc2)CC(NS(=O)(=O)c2cnc3c(c2)CC2(C3)C(=O)Nc3ncccc32)C(=O)N1CC(F)(F)F. The topological polar surface area (TPSA) is 121 Å². The third-order valence-electron chi connectivity index (χ3n) is 8.32. The second-order valence-corrected chi connectivity index (χ2v) is 12.5. The van der Waals surface area contributed by atoms with Crippen LogP contribution in [0.2, 0.25) is 0 Å². The van der Waals surface area contributed by atoms with Crippen molar-refractivity contribution in [3.8, 4) is 0 Å². The van der Waals surface area contributed by atoms with E-state index in [1.807, 2.05) is 0 Å². The summed E-state index contributed by atoms with van der Waals surface area (Å²) in [6, 6.07) is 11.5. The minimum atomic E-state index is -4.66. The first-order valence-corrected chi connectivity index (χ1v) is 14.6. The van der Waals surface area contributed by atoms with Crippen LogP contribution in [-0.4, -0.2) is 59.9 Å². The Hall–Kier alpha value is -3.84. The molecule has 41 heavy (non-hydrogen) atoms. The van der Waals surface area contributed by atoms with Gasteiger partial charge in [-0.05, 0) is 43.0 Å². The number of likely N-dealkylation sites (tertiary alicyclic amines) is 1. The molecule has 6 rings (SSSR count). The minimum absolute atomic E-state index is 0.0109. The van der Waals surface area contributed by atoms with Crippen LogP contribution in [0.1, 0.15) is 41.6 Å². The lowest BCUT2D eigenvalue weighted by Gasteiger charge is -2.43. The number of nitrogens with zero attached hydrogens (tertiary/aromatic N) is 3. The molecule has 1 aromatic carbocycles. The number of hydrogen-bond acceptors (Lipinski definition) is 6. The van der Waals surface area contributed by atoms with E-state index in [-0.39, 0.29) is 30.1 Å². The van der Waals surface area contributed by atoms with Crippen LogP contribution < -0.4 is 10.0 Å². The highest BCUT2D eigenvalue weighted by molar-refractivity contribution is 7.89. The molecular weight excluding hydrogens is 559 g/mol. The largest absolute Gasteiger partial charge is 0.406 e. The van der Waals surface area contributed by atoms with Crippen molar-refractivity contribution in [3.05, 3.63) is 83.3 Å². The number of alkyl halides is 3. The number of anilines is 1. The Morgan fingerprint density at radius 3 is 2.59 bits per heavy atom. The molecular formula is C28H26F3N5O4S. The molecule has 4 unspecified atom stereocenters. The van der Waals surface area contributed by atoms with Crippen LogP contribution in [0.25, 0.3) is 0 Å². The molecule has 1 aliphatic carbocycles. The van der Waals surface area contributed by atoms with Gasteiger partial charge in [0.25, 0.3) is 0 Å². The number of hydrogen-bond donors (Lipinski definition) is 2. The highest BCUT2D eigenvalue weighted by Crippen LogP contribution is 2.46. The van der Waals surface area contributed by atoms with E-state index in [4.69, 9.17) is 0 Å². The number of carbonyl (C=O) groups excluding carboxylic acids is 2. The van der Waals surface area contributed by atoms with Gasteiger partial charge in [-0.1, -0.05) is 36.4 Å². The van der Waals surface area contributed by atoms with Crippen LogP contribution in [0, 0.1) is 0 Å². The Morgan fingerprint density at radius 2 is 1.85 bits per heavy atom. The fraction of sp³-hybridized carbons (Fsp3) is 0.357. The van der Waals surface area contributed by atoms with E-state index in [0.717, 1.165) is 6.20 Å². The fourth-order valence-corrected chi connectivity index (χ4v) is 7.49. The number of carbonyl (C=O) groups is 2. The predicted octanol–water partition coefficient (Wildman–Crippen LogP) is 3.08. The van der Waals surface area contributed by atoms with Crippen molar-refractivity contribution in [2.75, 3.05) is 11.9 Å². The second-order valence-electron chi connectivity index (χ2n) is 10.8. The first-order valence-electron chi connectivity index (χ1n) is 13.1. The maximum Gasteiger partial charge on any atom is 0.406 e. The van der Waals surface area contributed by atoms with Crippen LogP contribution in [0.4, 0.5) is 19.0 Å². The third-order valence-corrected chi connectivity index (χ3v) is 9.75. The highest BCUT2D eigenvalue weighted by atomic mass is 32.2. The van der Waals surface area contributed by atoms with E-state index >= 15 is 0 Å². The number of rotatable bonds is 5. The Bertz CT molecular complexity index is 1650. The summed E-state index contributed by atoms with van der Waals surface area (Å²) in [5.41, 5.74) is 1.59. The molecule has 1 spiro atoms. The summed E-state index contributed by atoms with van der Waals surface area (Å²) in [6.45, 7) is 0.0502. The lowest BCUT2D eigenvalue weighted by Crippen LogP contribution is -2.59. The van der Waals surface area contributed by atoms with Gasteiger partial charge in [-0.15, -0.1) is 0 Å². The van der Waals surface area contributed by atoms with E-state index < -0.39 is 52.1 Å². The lowest BCUT2D eigenvalue weighted by atomic mass is 9.80. The number of pyridine rings is 2. The molecule has 4 heterocycles. The summed E-state index contributed by atoms with van der Waals surface area (Å²) in [5.74, 6) is -1.26. The fourth-order valence-electron chi connectivity index (χ4n) is 6.29. The summed E-state index contributed by atoms with van der Waals surface area (Å²) in [7, 11) is -4.37. The van der Waals surface area contributed by atoms with Gasteiger partial charge in [0.05, 0.1) is 5.41 Å². The molecule has 0 saturated carbocycles. The van der Waals surface area contributed by atoms with Gasteiger partial charge in [0.1, 0.15) is 23.3 Å². The molecule has 214 valence electrons. The first-order chi connectivity index (χ1) is 19.4. The lowest BCUT2D eigenvalue weighted by molar-refractivity contribution is -0.170. The van der Waals surface area contributed by atoms with Crippen LogP contribution >= 0.6 is 0 Å². The van der Waals surface area contributed by atoms with Gasteiger partial charge in [-0.2, -0.15) is 17.9 Å². The van der Waals surface area contributed by atoms with Gasteiger partial charge in [-0.25, -0.2) is 13.4 Å². The number of sulfonamides is 1. The Labute approximate surface area is 234 Å². The average Bonchev–Trinajstić information content (AvgIpc) is 3.45. The number of aromatic nitrogens is 2. The van der Waals surface area contributed by atoms with Gasteiger partial charge >= 0.3 is 6.18 Å². The molecule has 3 aliphatic rings. The van der Waals surface area contributed by atoms with Crippen molar-refractivity contribution in [1.29, 1.82) is 0 Å². The average molecular weight is 586 g/mol. The number of nitrogens with one attached hydrogen (secondary N) is 2. The summed E-state index contributed by atoms with van der Waals surface area (Å²) < 4.78 is 69.7. The Balaban J connectivity index is 1.29. The van der Waals surface area contributed by atoms with E-state index in [0.29, 0.717) is 33.1 Å². The molecule has 2 amide bonds. The molecule has 2 aromatic heterocycles. The number of benzene rings is 1. The summed E-state index contributed by atoms with van der Waals surface area (Å²) in [4.78, 5) is 35.2. The van der Waals surface area contributed by atoms with Gasteiger partial charge in [-0.3, -0.25) is 14.6 Å². The van der Waals surface area contributed by atoms with E-state index in [1.165, 1.54) is 6.07 Å². The molecule has 2 aliphatic heterocycles. The summed E-state index contributed by atoms with van der Waals surface area (Å²) in [6.07, 6.45) is -1.48. The zero-order valence-electron chi connectivity index (χ0n) is 21.9. The van der Waals surface area contributed by atoms with Crippen LogP contribution in [0.3, 0.4) is 0 Å². The minimum Gasteiger partial charge on any atom is -0.329 e. The Morgan fingerprint density at radius 1 is 1.10 bits per heavy atom. The third kappa shape index (κ3) is 4.76.